The van der Waals surface area contributed by atoms with Crippen molar-refractivity contribution in [3.05, 3.63) is 30.3 Å². The molecule has 0 saturated heterocycles. The molecule has 0 aliphatic heterocycles. The van der Waals surface area contributed by atoms with E-state index >= 15 is 0 Å². The van der Waals surface area contributed by atoms with E-state index in [-0.39, 0.29) is 13.2 Å². The van der Waals surface area contributed by atoms with E-state index in [1.54, 1.807) is 19.9 Å². The molecule has 0 amide bonds. The molecule has 0 aliphatic rings. The Bertz CT molecular complexity index is 496. The Morgan fingerprint density at radius 3 is 2.05 bits per heavy atom. The lowest BCUT2D eigenvalue weighted by atomic mass is 10.4. The number of benzene rings is 1. The molecule has 20 heavy (non-hydrogen) atoms. The van der Waals surface area contributed by atoms with Gasteiger partial charge in [0.1, 0.15) is 0 Å². The third-order valence-corrected chi connectivity index (χ3v) is 4.40. The molecular formula is C13H18F2O4S. The molecule has 7 heteroatoms. The number of alkyl halides is 2. The van der Waals surface area contributed by atoms with E-state index in [1.165, 1.54) is 12.1 Å². The number of sulfone groups is 1. The van der Waals surface area contributed by atoms with Gasteiger partial charge in [0.25, 0.3) is 0 Å². The van der Waals surface area contributed by atoms with Crippen molar-refractivity contribution in [2.45, 2.75) is 36.7 Å². The van der Waals surface area contributed by atoms with Crippen LogP contribution < -0.4 is 0 Å². The molecule has 0 fully saturated rings. The van der Waals surface area contributed by atoms with Crippen molar-refractivity contribution in [2.75, 3.05) is 13.2 Å². The largest absolute Gasteiger partial charge is 0.354 e. The summed E-state index contributed by atoms with van der Waals surface area (Å²) in [5.74, 6) is 0. The van der Waals surface area contributed by atoms with Crippen molar-refractivity contribution in [1.82, 2.24) is 0 Å². The van der Waals surface area contributed by atoms with Crippen LogP contribution in [0.15, 0.2) is 35.2 Å². The van der Waals surface area contributed by atoms with Gasteiger partial charge in [0.2, 0.25) is 9.84 Å². The molecular weight excluding hydrogens is 290 g/mol. The lowest BCUT2D eigenvalue weighted by Gasteiger charge is -2.23. The molecule has 4 nitrogen and oxygen atoms in total. The molecule has 0 aromatic heterocycles. The first kappa shape index (κ1) is 17.0. The van der Waals surface area contributed by atoms with Gasteiger partial charge in [-0.25, -0.2) is 8.42 Å². The zero-order valence-corrected chi connectivity index (χ0v) is 12.2. The number of rotatable bonds is 8. The van der Waals surface area contributed by atoms with Crippen molar-refractivity contribution in [3.63, 3.8) is 0 Å². The van der Waals surface area contributed by atoms with Crippen molar-refractivity contribution >= 4 is 9.84 Å². The topological polar surface area (TPSA) is 52.6 Å². The van der Waals surface area contributed by atoms with Gasteiger partial charge in [-0.2, -0.15) is 8.78 Å². The van der Waals surface area contributed by atoms with E-state index in [0.717, 1.165) is 12.1 Å². The maximum atomic E-state index is 14.0. The summed E-state index contributed by atoms with van der Waals surface area (Å²) in [5.41, 5.74) is 0. The number of hydrogen-bond donors (Lipinski definition) is 0. The smallest absolute Gasteiger partial charge is 0.353 e. The SMILES string of the molecule is CCOC(CC(F)(F)S(=O)(=O)c1ccccc1)OCC. The Morgan fingerprint density at radius 1 is 1.10 bits per heavy atom. The van der Waals surface area contributed by atoms with Gasteiger partial charge in [0.15, 0.2) is 6.29 Å². The standard InChI is InChI=1S/C13H18F2O4S/c1-3-18-12(19-4-2)10-13(14,15)20(16,17)11-8-6-5-7-9-11/h5-9,12H,3-4,10H2,1-2H3. The van der Waals surface area contributed by atoms with E-state index in [4.69, 9.17) is 9.47 Å². The van der Waals surface area contributed by atoms with E-state index < -0.39 is 32.7 Å². The summed E-state index contributed by atoms with van der Waals surface area (Å²) in [6.07, 6.45) is -2.29. The van der Waals surface area contributed by atoms with E-state index in [1.807, 2.05) is 0 Å². The van der Waals surface area contributed by atoms with E-state index in [2.05, 4.69) is 0 Å². The van der Waals surface area contributed by atoms with Crippen molar-refractivity contribution in [1.29, 1.82) is 0 Å². The Labute approximate surface area is 117 Å². The summed E-state index contributed by atoms with van der Waals surface area (Å²) in [5, 5.41) is -3.95. The highest BCUT2D eigenvalue weighted by Crippen LogP contribution is 2.34. The molecule has 0 aliphatic carbocycles. The fourth-order valence-corrected chi connectivity index (χ4v) is 2.83. The second-order valence-corrected chi connectivity index (χ2v) is 6.07. The molecule has 1 aromatic carbocycles. The van der Waals surface area contributed by atoms with Gasteiger partial charge in [-0.15, -0.1) is 0 Å². The predicted molar refractivity (Wildman–Crippen MR) is 70.2 cm³/mol. The quantitative estimate of drug-likeness (QED) is 0.693. The summed E-state index contributed by atoms with van der Waals surface area (Å²) < 4.78 is 61.9. The number of ether oxygens (including phenoxy) is 2. The van der Waals surface area contributed by atoms with Crippen LogP contribution in [0, 0.1) is 0 Å². The molecule has 0 unspecified atom stereocenters. The summed E-state index contributed by atoms with van der Waals surface area (Å²) >= 11 is 0. The van der Waals surface area contributed by atoms with Crippen LogP contribution in [0.25, 0.3) is 0 Å². The Hall–Kier alpha value is -1.05. The lowest BCUT2D eigenvalue weighted by molar-refractivity contribution is -0.162. The Morgan fingerprint density at radius 2 is 1.60 bits per heavy atom. The maximum absolute atomic E-state index is 14.0. The number of halogens is 2. The molecule has 0 N–H and O–H groups in total. The van der Waals surface area contributed by atoms with Gasteiger partial charge >= 0.3 is 5.25 Å². The van der Waals surface area contributed by atoms with Gasteiger partial charge in [-0.1, -0.05) is 18.2 Å². The van der Waals surface area contributed by atoms with Crippen molar-refractivity contribution in [2.24, 2.45) is 0 Å². The maximum Gasteiger partial charge on any atom is 0.354 e. The highest BCUT2D eigenvalue weighted by atomic mass is 32.2. The van der Waals surface area contributed by atoms with Gasteiger partial charge < -0.3 is 9.47 Å². The van der Waals surface area contributed by atoms with Crippen LogP contribution in [0.5, 0.6) is 0 Å². The Balaban J connectivity index is 2.96. The van der Waals surface area contributed by atoms with Crippen LogP contribution >= 0.6 is 0 Å². The van der Waals surface area contributed by atoms with Gasteiger partial charge in [-0.05, 0) is 26.0 Å². The molecule has 1 aromatic rings. The summed E-state index contributed by atoms with van der Waals surface area (Å²) in [6, 6.07) is 6.62. The molecule has 0 saturated carbocycles. The van der Waals surface area contributed by atoms with Crippen LogP contribution in [0.3, 0.4) is 0 Å². The molecule has 0 atom stereocenters. The zero-order valence-electron chi connectivity index (χ0n) is 11.4. The average Bonchev–Trinajstić information content (AvgIpc) is 2.39. The fraction of sp³-hybridized carbons (Fsp3) is 0.538. The normalized spacial score (nSPS) is 12.8. The summed E-state index contributed by atoms with van der Waals surface area (Å²) in [7, 11) is -4.76. The van der Waals surface area contributed by atoms with E-state index in [9.17, 15) is 17.2 Å². The predicted octanol–water partition coefficient (Wildman–Crippen LogP) is 2.84. The molecule has 0 radical (unpaired) electrons. The van der Waals surface area contributed by atoms with Crippen LogP contribution in [0.1, 0.15) is 20.3 Å². The zero-order chi connectivity index (χ0) is 15.2. The third-order valence-electron chi connectivity index (χ3n) is 2.56. The van der Waals surface area contributed by atoms with E-state index in [0.29, 0.717) is 0 Å². The second-order valence-electron chi connectivity index (χ2n) is 4.00. The summed E-state index contributed by atoms with van der Waals surface area (Å²) in [4.78, 5) is -0.420. The average molecular weight is 308 g/mol. The first-order chi connectivity index (χ1) is 9.35. The Kier molecular flexibility index (Phi) is 6.04. The fourth-order valence-electron chi connectivity index (χ4n) is 1.61. The monoisotopic (exact) mass is 308 g/mol. The summed E-state index contributed by atoms with van der Waals surface area (Å²) in [6.45, 7) is 3.56. The van der Waals surface area contributed by atoms with Gasteiger partial charge in [0, 0.05) is 13.2 Å². The highest BCUT2D eigenvalue weighted by molar-refractivity contribution is 7.92. The molecule has 0 bridgehead atoms. The van der Waals surface area contributed by atoms with Gasteiger partial charge in [-0.3, -0.25) is 0 Å². The molecule has 1 rings (SSSR count). The third kappa shape index (κ3) is 3.97. The van der Waals surface area contributed by atoms with Crippen molar-refractivity contribution in [3.8, 4) is 0 Å². The van der Waals surface area contributed by atoms with Crippen LogP contribution in [0.4, 0.5) is 8.78 Å². The van der Waals surface area contributed by atoms with Crippen molar-refractivity contribution < 1.29 is 26.7 Å². The highest BCUT2D eigenvalue weighted by Gasteiger charge is 2.48. The molecule has 0 heterocycles. The number of hydrogen-bond acceptors (Lipinski definition) is 4. The lowest BCUT2D eigenvalue weighted by Crippen LogP contribution is -2.35. The van der Waals surface area contributed by atoms with Gasteiger partial charge in [0.05, 0.1) is 11.3 Å². The minimum atomic E-state index is -4.76. The first-order valence-electron chi connectivity index (χ1n) is 6.25. The van der Waals surface area contributed by atoms with Crippen LogP contribution in [-0.4, -0.2) is 33.2 Å². The minimum absolute atomic E-state index is 0.159. The van der Waals surface area contributed by atoms with Crippen LogP contribution in [-0.2, 0) is 19.3 Å². The minimum Gasteiger partial charge on any atom is -0.353 e. The molecule has 114 valence electrons. The molecule has 0 spiro atoms. The second kappa shape index (κ2) is 7.10. The van der Waals surface area contributed by atoms with Crippen LogP contribution in [0.2, 0.25) is 0 Å². The first-order valence-corrected chi connectivity index (χ1v) is 7.74.